The molecule has 1 heteroatoms. The van der Waals surface area contributed by atoms with Crippen LogP contribution in [-0.2, 0) is 0 Å². The molecular weight excluding hydrogens is 194 g/mol. The molecule has 1 aliphatic carbocycles. The van der Waals surface area contributed by atoms with Gasteiger partial charge in [0, 0.05) is 13.1 Å². The van der Waals surface area contributed by atoms with Gasteiger partial charge in [0.2, 0.25) is 0 Å². The molecule has 1 rings (SSSR count). The second-order valence-electron chi connectivity index (χ2n) is 6.39. The van der Waals surface area contributed by atoms with E-state index in [1.165, 1.54) is 58.2 Å². The molecule has 16 heavy (non-hydrogen) atoms. The molecule has 0 aromatic rings. The van der Waals surface area contributed by atoms with Gasteiger partial charge in [-0.15, -0.1) is 0 Å². The quantitative estimate of drug-likeness (QED) is 0.594. The maximum atomic E-state index is 2.68. The highest BCUT2D eigenvalue weighted by molar-refractivity contribution is 4.78. The first-order valence-electron chi connectivity index (χ1n) is 7.29. The highest BCUT2D eigenvalue weighted by atomic mass is 15.1. The molecule has 1 aliphatic rings. The molecule has 0 heterocycles. The molecule has 0 N–H and O–H groups in total. The van der Waals surface area contributed by atoms with Crippen molar-refractivity contribution in [2.24, 2.45) is 11.3 Å². The van der Waals surface area contributed by atoms with Gasteiger partial charge >= 0.3 is 0 Å². The molecule has 0 atom stereocenters. The van der Waals surface area contributed by atoms with Gasteiger partial charge in [-0.05, 0) is 37.1 Å². The lowest BCUT2D eigenvalue weighted by Crippen LogP contribution is -2.39. The van der Waals surface area contributed by atoms with E-state index >= 15 is 0 Å². The van der Waals surface area contributed by atoms with Gasteiger partial charge < -0.3 is 4.90 Å². The first-order valence-corrected chi connectivity index (χ1v) is 7.29. The number of nitrogens with zero attached hydrogens (tertiary/aromatic N) is 1. The number of hydrogen-bond acceptors (Lipinski definition) is 1. The Labute approximate surface area is 103 Å². The lowest BCUT2D eigenvalue weighted by molar-refractivity contribution is 0.127. The maximum absolute atomic E-state index is 2.68. The third-order valence-corrected chi connectivity index (χ3v) is 4.05. The van der Waals surface area contributed by atoms with Crippen molar-refractivity contribution in [3.05, 3.63) is 0 Å². The van der Waals surface area contributed by atoms with E-state index in [4.69, 9.17) is 0 Å². The van der Waals surface area contributed by atoms with Gasteiger partial charge in [0.1, 0.15) is 0 Å². The van der Waals surface area contributed by atoms with E-state index in [-0.39, 0.29) is 0 Å². The highest BCUT2D eigenvalue weighted by Gasteiger charge is 2.24. The van der Waals surface area contributed by atoms with Crippen LogP contribution < -0.4 is 0 Å². The summed E-state index contributed by atoms with van der Waals surface area (Å²) in [5.74, 6) is 1.02. The standard InChI is InChI=1S/C15H31N/c1-5-7-11-15(3,4)13-16(6-2)12-14-9-8-10-14/h14H,5-13H2,1-4H3. The minimum atomic E-state index is 0.510. The van der Waals surface area contributed by atoms with Crippen molar-refractivity contribution in [3.8, 4) is 0 Å². The van der Waals surface area contributed by atoms with Gasteiger partial charge in [-0.3, -0.25) is 0 Å². The van der Waals surface area contributed by atoms with Crippen molar-refractivity contribution in [2.75, 3.05) is 19.6 Å². The zero-order valence-electron chi connectivity index (χ0n) is 11.9. The van der Waals surface area contributed by atoms with E-state index in [2.05, 4.69) is 32.6 Å². The van der Waals surface area contributed by atoms with Crippen molar-refractivity contribution in [2.45, 2.75) is 66.2 Å². The third-order valence-electron chi connectivity index (χ3n) is 4.05. The van der Waals surface area contributed by atoms with Crippen LogP contribution >= 0.6 is 0 Å². The van der Waals surface area contributed by atoms with Crippen LogP contribution in [0.3, 0.4) is 0 Å². The summed E-state index contributed by atoms with van der Waals surface area (Å²) in [4.78, 5) is 2.68. The summed E-state index contributed by atoms with van der Waals surface area (Å²) in [5, 5.41) is 0. The minimum absolute atomic E-state index is 0.510. The van der Waals surface area contributed by atoms with Gasteiger partial charge in [-0.1, -0.05) is 47.0 Å². The Morgan fingerprint density at radius 1 is 1.19 bits per heavy atom. The van der Waals surface area contributed by atoms with Gasteiger partial charge in [-0.2, -0.15) is 0 Å². The Kier molecular flexibility index (Phi) is 5.82. The lowest BCUT2D eigenvalue weighted by atomic mass is 9.83. The third kappa shape index (κ3) is 4.86. The molecule has 0 spiro atoms. The topological polar surface area (TPSA) is 3.24 Å². The Morgan fingerprint density at radius 3 is 2.31 bits per heavy atom. The molecule has 0 aromatic heterocycles. The van der Waals surface area contributed by atoms with E-state index < -0.39 is 0 Å². The molecule has 0 bridgehead atoms. The molecule has 96 valence electrons. The van der Waals surface area contributed by atoms with E-state index in [9.17, 15) is 0 Å². The van der Waals surface area contributed by atoms with E-state index in [1.54, 1.807) is 0 Å². The van der Waals surface area contributed by atoms with Crippen molar-refractivity contribution < 1.29 is 0 Å². The first-order chi connectivity index (χ1) is 7.57. The molecule has 0 aromatic carbocycles. The van der Waals surface area contributed by atoms with Crippen LogP contribution in [0.4, 0.5) is 0 Å². The summed E-state index contributed by atoms with van der Waals surface area (Å²) < 4.78 is 0. The van der Waals surface area contributed by atoms with Crippen LogP contribution in [0, 0.1) is 11.3 Å². The highest BCUT2D eigenvalue weighted by Crippen LogP contribution is 2.29. The molecule has 0 saturated heterocycles. The van der Waals surface area contributed by atoms with E-state index in [1.807, 2.05) is 0 Å². The molecular formula is C15H31N. The van der Waals surface area contributed by atoms with Gasteiger partial charge in [0.25, 0.3) is 0 Å². The van der Waals surface area contributed by atoms with Gasteiger partial charge in [-0.25, -0.2) is 0 Å². The van der Waals surface area contributed by atoms with E-state index in [0.717, 1.165) is 5.92 Å². The molecule has 0 unspecified atom stereocenters. The number of rotatable bonds is 8. The summed E-state index contributed by atoms with van der Waals surface area (Å²) in [6.07, 6.45) is 8.52. The number of hydrogen-bond donors (Lipinski definition) is 0. The van der Waals surface area contributed by atoms with Crippen molar-refractivity contribution in [1.82, 2.24) is 4.90 Å². The molecule has 1 fully saturated rings. The second kappa shape index (κ2) is 6.64. The molecule has 0 aliphatic heterocycles. The van der Waals surface area contributed by atoms with E-state index in [0.29, 0.717) is 5.41 Å². The Hall–Kier alpha value is -0.0400. The van der Waals surface area contributed by atoms with Crippen molar-refractivity contribution >= 4 is 0 Å². The van der Waals surface area contributed by atoms with Crippen molar-refractivity contribution in [1.29, 1.82) is 0 Å². The molecule has 1 saturated carbocycles. The predicted octanol–water partition coefficient (Wildman–Crippen LogP) is 4.32. The average Bonchev–Trinajstić information content (AvgIpc) is 2.18. The summed E-state index contributed by atoms with van der Waals surface area (Å²) >= 11 is 0. The minimum Gasteiger partial charge on any atom is -0.303 e. The molecule has 1 nitrogen and oxygen atoms in total. The van der Waals surface area contributed by atoms with Crippen molar-refractivity contribution in [3.63, 3.8) is 0 Å². The largest absolute Gasteiger partial charge is 0.303 e. The summed E-state index contributed by atoms with van der Waals surface area (Å²) in [6, 6.07) is 0. The van der Waals surface area contributed by atoms with Crippen LogP contribution in [0.15, 0.2) is 0 Å². The van der Waals surface area contributed by atoms with Crippen LogP contribution in [0.25, 0.3) is 0 Å². The zero-order chi connectivity index (χ0) is 12.0. The average molecular weight is 225 g/mol. The Morgan fingerprint density at radius 2 is 1.88 bits per heavy atom. The normalized spacial score (nSPS) is 17.8. The molecule has 0 amide bonds. The fraction of sp³-hybridized carbons (Fsp3) is 1.00. The zero-order valence-corrected chi connectivity index (χ0v) is 11.9. The smallest absolute Gasteiger partial charge is 0.00327 e. The summed E-state index contributed by atoms with van der Waals surface area (Å²) in [7, 11) is 0. The second-order valence-corrected chi connectivity index (χ2v) is 6.39. The fourth-order valence-electron chi connectivity index (χ4n) is 2.69. The summed E-state index contributed by atoms with van der Waals surface area (Å²) in [5.41, 5.74) is 0.510. The Balaban J connectivity index is 2.28. The first kappa shape index (κ1) is 14.0. The predicted molar refractivity (Wildman–Crippen MR) is 72.8 cm³/mol. The summed E-state index contributed by atoms with van der Waals surface area (Å²) in [6.45, 7) is 13.4. The Bertz CT molecular complexity index is 182. The lowest BCUT2D eigenvalue weighted by Gasteiger charge is -2.36. The van der Waals surface area contributed by atoms with Gasteiger partial charge in [0.05, 0.1) is 0 Å². The monoisotopic (exact) mass is 225 g/mol. The van der Waals surface area contributed by atoms with Crippen LogP contribution in [0.2, 0.25) is 0 Å². The van der Waals surface area contributed by atoms with Crippen LogP contribution in [0.1, 0.15) is 66.2 Å². The van der Waals surface area contributed by atoms with Gasteiger partial charge in [0.15, 0.2) is 0 Å². The number of unbranched alkanes of at least 4 members (excludes halogenated alkanes) is 1. The van der Waals surface area contributed by atoms with Crippen LogP contribution in [0.5, 0.6) is 0 Å². The van der Waals surface area contributed by atoms with Crippen LogP contribution in [-0.4, -0.2) is 24.5 Å². The molecule has 0 radical (unpaired) electrons. The SMILES string of the molecule is CCCCC(C)(C)CN(CC)CC1CCC1. The maximum Gasteiger partial charge on any atom is 0.00327 e. The fourth-order valence-corrected chi connectivity index (χ4v) is 2.69.